The van der Waals surface area contributed by atoms with Gasteiger partial charge in [0, 0.05) is 10.2 Å². The fraction of sp³-hybridized carbons (Fsp3) is 0.115. The maximum atomic E-state index is 13.1. The van der Waals surface area contributed by atoms with Crippen molar-refractivity contribution in [3.8, 4) is 11.5 Å². The van der Waals surface area contributed by atoms with E-state index in [1.807, 2.05) is 0 Å². The third-order valence-corrected chi connectivity index (χ3v) is 7.31. The van der Waals surface area contributed by atoms with Gasteiger partial charge in [0.25, 0.3) is 17.1 Å². The largest absolute Gasteiger partial charge is 0.493 e. The van der Waals surface area contributed by atoms with Crippen molar-refractivity contribution in [2.75, 3.05) is 19.0 Å². The monoisotopic (exact) mass is 604 g/mol. The van der Waals surface area contributed by atoms with E-state index in [0.717, 1.165) is 16.7 Å². The predicted molar refractivity (Wildman–Crippen MR) is 144 cm³/mol. The lowest BCUT2D eigenvalue weighted by molar-refractivity contribution is -0.123. The zero-order valence-corrected chi connectivity index (χ0v) is 22.5. The maximum Gasteiger partial charge on any atom is 0.293 e. The van der Waals surface area contributed by atoms with Gasteiger partial charge in [0.2, 0.25) is 0 Å². The third kappa shape index (κ3) is 6.71. The lowest BCUT2D eigenvalue weighted by atomic mass is 10.1. The number of nitrogens with one attached hydrogen (secondary N) is 1. The number of thioether (sulfide) groups is 1. The van der Waals surface area contributed by atoms with E-state index in [-0.39, 0.29) is 24.0 Å². The Hall–Kier alpha value is -3.34. The van der Waals surface area contributed by atoms with Crippen molar-refractivity contribution in [2.24, 2.45) is 0 Å². The summed E-state index contributed by atoms with van der Waals surface area (Å²) in [4.78, 5) is 38.9. The van der Waals surface area contributed by atoms with Crippen LogP contribution < -0.4 is 14.8 Å². The van der Waals surface area contributed by atoms with Crippen LogP contribution in [0.2, 0.25) is 5.02 Å². The Bertz CT molecular complexity index is 1400. The lowest BCUT2D eigenvalue weighted by Gasteiger charge is -2.12. The molecule has 190 valence electrons. The van der Waals surface area contributed by atoms with Crippen LogP contribution in [0, 0.1) is 5.82 Å². The number of imide groups is 1. The molecule has 3 amide bonds. The minimum Gasteiger partial charge on any atom is -0.493 e. The van der Waals surface area contributed by atoms with Gasteiger partial charge >= 0.3 is 0 Å². The molecule has 0 unspecified atom stereocenters. The van der Waals surface area contributed by atoms with Gasteiger partial charge in [-0.15, -0.1) is 0 Å². The molecule has 0 radical (unpaired) electrons. The van der Waals surface area contributed by atoms with E-state index in [9.17, 15) is 18.8 Å². The second-order valence-electron chi connectivity index (χ2n) is 7.77. The van der Waals surface area contributed by atoms with Crippen LogP contribution in [-0.4, -0.2) is 35.7 Å². The molecule has 0 bridgehead atoms. The highest BCUT2D eigenvalue weighted by molar-refractivity contribution is 9.10. The first-order valence-electron chi connectivity index (χ1n) is 10.8. The van der Waals surface area contributed by atoms with Crippen molar-refractivity contribution in [3.05, 3.63) is 92.0 Å². The molecule has 3 aromatic rings. The number of rotatable bonds is 8. The molecule has 0 aromatic heterocycles. The quantitative estimate of drug-likeness (QED) is 0.295. The molecule has 0 aliphatic carbocycles. The molecular weight excluding hydrogens is 587 g/mol. The highest BCUT2D eigenvalue weighted by atomic mass is 79.9. The van der Waals surface area contributed by atoms with Crippen molar-refractivity contribution >= 4 is 68.1 Å². The van der Waals surface area contributed by atoms with Crippen molar-refractivity contribution in [1.82, 2.24) is 4.90 Å². The SMILES string of the molecule is COc1cc(/C=C2\SC(=O)N(Cc3ccc(F)cc3)C2=O)ccc1OCC(=O)Nc1ccc(Br)c(Cl)c1. The number of ether oxygens (including phenoxy) is 2. The fourth-order valence-corrected chi connectivity index (χ4v) is 4.63. The highest BCUT2D eigenvalue weighted by Crippen LogP contribution is 2.35. The average molecular weight is 606 g/mol. The molecule has 37 heavy (non-hydrogen) atoms. The number of carbonyl (C=O) groups is 3. The molecule has 4 rings (SSSR count). The summed E-state index contributed by atoms with van der Waals surface area (Å²) in [5, 5.41) is 2.75. The number of benzene rings is 3. The molecule has 0 saturated carbocycles. The van der Waals surface area contributed by atoms with E-state index in [4.69, 9.17) is 21.1 Å². The van der Waals surface area contributed by atoms with Gasteiger partial charge in [0.1, 0.15) is 5.82 Å². The summed E-state index contributed by atoms with van der Waals surface area (Å²) < 4.78 is 24.8. The molecule has 0 atom stereocenters. The first-order valence-corrected chi connectivity index (χ1v) is 12.8. The fourth-order valence-electron chi connectivity index (χ4n) is 3.37. The van der Waals surface area contributed by atoms with Crippen LogP contribution in [0.4, 0.5) is 14.9 Å². The minimum atomic E-state index is -0.441. The number of hydrogen-bond donors (Lipinski definition) is 1. The van der Waals surface area contributed by atoms with Gasteiger partial charge in [0.05, 0.1) is 23.6 Å². The van der Waals surface area contributed by atoms with Crippen molar-refractivity contribution < 1.29 is 28.2 Å². The second-order valence-corrected chi connectivity index (χ2v) is 10.0. The Morgan fingerprint density at radius 2 is 1.86 bits per heavy atom. The lowest BCUT2D eigenvalue weighted by Crippen LogP contribution is -2.27. The van der Waals surface area contributed by atoms with Crippen LogP contribution in [0.1, 0.15) is 11.1 Å². The van der Waals surface area contributed by atoms with Gasteiger partial charge in [-0.05, 0) is 87.4 Å². The number of hydrogen-bond acceptors (Lipinski definition) is 6. The van der Waals surface area contributed by atoms with Crippen LogP contribution in [0.3, 0.4) is 0 Å². The molecule has 1 aliphatic rings. The summed E-state index contributed by atoms with van der Waals surface area (Å²) >= 11 is 10.2. The van der Waals surface area contributed by atoms with Crippen LogP contribution in [0.15, 0.2) is 70.0 Å². The highest BCUT2D eigenvalue weighted by Gasteiger charge is 2.35. The Morgan fingerprint density at radius 3 is 2.57 bits per heavy atom. The number of nitrogens with zero attached hydrogens (tertiary/aromatic N) is 1. The average Bonchev–Trinajstić information content (AvgIpc) is 3.13. The summed E-state index contributed by atoms with van der Waals surface area (Å²) in [5.74, 6) is -0.552. The number of anilines is 1. The molecule has 1 fully saturated rings. The second kappa shape index (κ2) is 11.8. The topological polar surface area (TPSA) is 84.9 Å². The van der Waals surface area contributed by atoms with Gasteiger partial charge in [-0.25, -0.2) is 4.39 Å². The Labute approximate surface area is 229 Å². The molecule has 1 N–H and O–H groups in total. The zero-order chi connectivity index (χ0) is 26.5. The smallest absolute Gasteiger partial charge is 0.293 e. The molecule has 3 aromatic carbocycles. The van der Waals surface area contributed by atoms with Crippen molar-refractivity contribution in [3.63, 3.8) is 0 Å². The van der Waals surface area contributed by atoms with Crippen LogP contribution in [0.5, 0.6) is 11.5 Å². The Balaban J connectivity index is 1.41. The number of carbonyl (C=O) groups excluding carboxylic acids is 3. The standard InChI is InChI=1S/C26H19BrClFN2O5S/c1-35-22-10-16(4-9-21(22)36-14-24(32)30-18-7-8-19(27)20(28)12-18)11-23-25(33)31(26(34)37-23)13-15-2-5-17(29)6-3-15/h2-12H,13-14H2,1H3,(H,30,32)/b23-11-. The molecule has 11 heteroatoms. The van der Waals surface area contributed by atoms with E-state index < -0.39 is 17.0 Å². The van der Waals surface area contributed by atoms with E-state index >= 15 is 0 Å². The van der Waals surface area contributed by atoms with Crippen LogP contribution in [-0.2, 0) is 16.1 Å². The number of halogens is 3. The molecule has 1 aliphatic heterocycles. The van der Waals surface area contributed by atoms with E-state index in [2.05, 4.69) is 21.2 Å². The summed E-state index contributed by atoms with van der Waals surface area (Å²) in [6.45, 7) is -0.224. The first kappa shape index (κ1) is 26.7. The van der Waals surface area contributed by atoms with Gasteiger partial charge in [-0.1, -0.05) is 29.8 Å². The zero-order valence-electron chi connectivity index (χ0n) is 19.3. The summed E-state index contributed by atoms with van der Waals surface area (Å²) in [6, 6.07) is 15.6. The van der Waals surface area contributed by atoms with Gasteiger partial charge in [-0.2, -0.15) is 0 Å². The first-order chi connectivity index (χ1) is 17.7. The summed E-state index contributed by atoms with van der Waals surface area (Å²) in [6.07, 6.45) is 1.58. The molecular formula is C26H19BrClFN2O5S. The van der Waals surface area contributed by atoms with Crippen molar-refractivity contribution in [2.45, 2.75) is 6.54 Å². The van der Waals surface area contributed by atoms with Gasteiger partial charge in [0.15, 0.2) is 18.1 Å². The molecule has 7 nitrogen and oxygen atoms in total. The normalized spacial score (nSPS) is 14.3. The van der Waals surface area contributed by atoms with E-state index in [0.29, 0.717) is 37.8 Å². The summed E-state index contributed by atoms with van der Waals surface area (Å²) in [7, 11) is 1.45. The van der Waals surface area contributed by atoms with Crippen molar-refractivity contribution in [1.29, 1.82) is 0 Å². The maximum absolute atomic E-state index is 13.1. The summed E-state index contributed by atoms with van der Waals surface area (Å²) in [5.41, 5.74) is 1.77. The number of methoxy groups -OCH3 is 1. The van der Waals surface area contributed by atoms with E-state index in [1.54, 1.807) is 42.5 Å². The van der Waals surface area contributed by atoms with E-state index in [1.165, 1.54) is 31.4 Å². The molecule has 1 heterocycles. The minimum absolute atomic E-state index is 0.0485. The Morgan fingerprint density at radius 1 is 1.11 bits per heavy atom. The van der Waals surface area contributed by atoms with Gasteiger partial charge in [-0.3, -0.25) is 19.3 Å². The molecule has 1 saturated heterocycles. The Kier molecular flexibility index (Phi) is 8.52. The number of amides is 3. The van der Waals surface area contributed by atoms with Gasteiger partial charge < -0.3 is 14.8 Å². The third-order valence-electron chi connectivity index (χ3n) is 5.18. The van der Waals surface area contributed by atoms with Crippen LogP contribution >= 0.6 is 39.3 Å². The van der Waals surface area contributed by atoms with Crippen LogP contribution in [0.25, 0.3) is 6.08 Å². The molecule has 0 spiro atoms. The predicted octanol–water partition coefficient (Wildman–Crippen LogP) is 6.50.